The molecule has 0 spiro atoms. The molecule has 196 valence electrons. The van der Waals surface area contributed by atoms with Gasteiger partial charge in [0, 0.05) is 37.4 Å². The minimum absolute atomic E-state index is 0.0751. The number of carbonyl (C=O) groups excluding carboxylic acids is 4. The van der Waals surface area contributed by atoms with E-state index in [2.05, 4.69) is 5.32 Å². The molecule has 2 N–H and O–H groups in total. The number of amides is 3. The minimum atomic E-state index is -0.525. The number of hydrogen-bond donors (Lipinski definition) is 2. The molecule has 2 aliphatic heterocycles. The van der Waals surface area contributed by atoms with Gasteiger partial charge in [-0.25, -0.2) is 4.79 Å². The highest BCUT2D eigenvalue weighted by Gasteiger charge is 2.35. The third-order valence-electron chi connectivity index (χ3n) is 6.08. The summed E-state index contributed by atoms with van der Waals surface area (Å²) in [7, 11) is 0. The molecule has 37 heavy (non-hydrogen) atoms. The number of cyclic esters (lactones) is 1. The molecule has 2 aliphatic rings. The van der Waals surface area contributed by atoms with Crippen LogP contribution in [0.4, 0.5) is 10.5 Å². The first-order chi connectivity index (χ1) is 17.8. The van der Waals surface area contributed by atoms with Crippen molar-refractivity contribution in [1.29, 1.82) is 5.41 Å². The molecule has 0 radical (unpaired) electrons. The van der Waals surface area contributed by atoms with Crippen LogP contribution in [0.3, 0.4) is 0 Å². The molecule has 2 aromatic rings. The number of rotatable bonds is 9. The number of esters is 1. The van der Waals surface area contributed by atoms with Crippen molar-refractivity contribution in [2.45, 2.75) is 19.4 Å². The molecular formula is C25H29N5O7. The summed E-state index contributed by atoms with van der Waals surface area (Å²) < 4.78 is 15.5. The van der Waals surface area contributed by atoms with Gasteiger partial charge in [-0.1, -0.05) is 0 Å². The number of nitrogens with one attached hydrogen (secondary N) is 2. The van der Waals surface area contributed by atoms with Crippen LogP contribution in [-0.4, -0.2) is 91.5 Å². The van der Waals surface area contributed by atoms with Gasteiger partial charge in [-0.2, -0.15) is 0 Å². The number of piperazine rings is 1. The Hall–Kier alpha value is -4.19. The van der Waals surface area contributed by atoms with E-state index in [1.165, 1.54) is 17.2 Å². The number of ether oxygens (including phenoxy) is 2. The Labute approximate surface area is 213 Å². The molecule has 2 saturated heterocycles. The monoisotopic (exact) mass is 511 g/mol. The molecular weight excluding hydrogens is 482 g/mol. The van der Waals surface area contributed by atoms with Crippen molar-refractivity contribution in [3.05, 3.63) is 54.0 Å². The zero-order valence-electron chi connectivity index (χ0n) is 20.5. The Morgan fingerprint density at radius 1 is 1.16 bits per heavy atom. The van der Waals surface area contributed by atoms with Crippen LogP contribution in [0.1, 0.15) is 29.5 Å². The van der Waals surface area contributed by atoms with Crippen molar-refractivity contribution in [2.75, 3.05) is 50.8 Å². The van der Waals surface area contributed by atoms with E-state index in [-0.39, 0.29) is 36.4 Å². The van der Waals surface area contributed by atoms with Crippen LogP contribution >= 0.6 is 0 Å². The van der Waals surface area contributed by atoms with Gasteiger partial charge in [0.05, 0.1) is 32.4 Å². The van der Waals surface area contributed by atoms with Crippen LogP contribution in [0.5, 0.6) is 0 Å². The van der Waals surface area contributed by atoms with Crippen LogP contribution in [0.15, 0.2) is 47.1 Å². The quantitative estimate of drug-likeness (QED) is 0.292. The average Bonchev–Trinajstić information content (AvgIpc) is 3.54. The van der Waals surface area contributed by atoms with E-state index in [1.807, 2.05) is 4.90 Å². The summed E-state index contributed by atoms with van der Waals surface area (Å²) in [4.78, 5) is 53.7. The number of amidine groups is 1. The Balaban J connectivity index is 1.26. The Morgan fingerprint density at radius 2 is 1.95 bits per heavy atom. The third kappa shape index (κ3) is 6.53. The predicted octanol–water partition coefficient (Wildman–Crippen LogP) is 1.46. The standard InChI is InChI=1S/C25H29N5O7/c1-2-35-22(32)9-10-29-12-11-28(16-21(29)31)14-19-15-30(25(34)37-19)18-7-5-17(6-8-18)23(26)27-24(33)20-4-3-13-36-20/h3-8,13,19H,2,9-12,14-16H2,1H3,(H2,26,27,33). The van der Waals surface area contributed by atoms with Crippen molar-refractivity contribution in [1.82, 2.24) is 15.1 Å². The van der Waals surface area contributed by atoms with Crippen LogP contribution in [0.2, 0.25) is 0 Å². The van der Waals surface area contributed by atoms with E-state index in [4.69, 9.17) is 19.3 Å². The molecule has 1 unspecified atom stereocenters. The fourth-order valence-electron chi connectivity index (χ4n) is 4.19. The lowest BCUT2D eigenvalue weighted by atomic mass is 10.1. The Kier molecular flexibility index (Phi) is 8.18. The summed E-state index contributed by atoms with van der Waals surface area (Å²) in [5, 5.41) is 10.6. The summed E-state index contributed by atoms with van der Waals surface area (Å²) in [5.74, 6) is -0.913. The Bertz CT molecular complexity index is 1150. The smallest absolute Gasteiger partial charge is 0.414 e. The molecule has 12 heteroatoms. The Morgan fingerprint density at radius 3 is 2.62 bits per heavy atom. The van der Waals surface area contributed by atoms with Crippen LogP contribution in [-0.2, 0) is 19.1 Å². The van der Waals surface area contributed by atoms with E-state index in [1.54, 1.807) is 42.2 Å². The largest absolute Gasteiger partial charge is 0.466 e. The van der Waals surface area contributed by atoms with Gasteiger partial charge < -0.3 is 24.1 Å². The fourth-order valence-corrected chi connectivity index (χ4v) is 4.19. The highest BCUT2D eigenvalue weighted by atomic mass is 16.6. The van der Waals surface area contributed by atoms with E-state index in [0.717, 1.165) is 0 Å². The molecule has 1 aromatic carbocycles. The zero-order valence-corrected chi connectivity index (χ0v) is 20.5. The molecule has 12 nitrogen and oxygen atoms in total. The molecule has 3 amide bonds. The molecule has 4 rings (SSSR count). The minimum Gasteiger partial charge on any atom is -0.466 e. The SMILES string of the molecule is CCOC(=O)CCN1CCN(CC2CN(c3ccc(C(=N)NC(=O)c4ccco4)cc3)C(=O)O2)CC1=O. The molecule has 3 heterocycles. The first-order valence-corrected chi connectivity index (χ1v) is 12.0. The van der Waals surface area contributed by atoms with Gasteiger partial charge in [0.2, 0.25) is 5.91 Å². The van der Waals surface area contributed by atoms with Crippen molar-refractivity contribution in [3.63, 3.8) is 0 Å². The molecule has 0 aliphatic carbocycles. The highest BCUT2D eigenvalue weighted by molar-refractivity contribution is 6.10. The summed E-state index contributed by atoms with van der Waals surface area (Å²) in [6.45, 7) is 4.43. The van der Waals surface area contributed by atoms with Gasteiger partial charge in [-0.05, 0) is 43.3 Å². The van der Waals surface area contributed by atoms with Crippen LogP contribution in [0.25, 0.3) is 0 Å². The van der Waals surface area contributed by atoms with Gasteiger partial charge in [-0.3, -0.25) is 29.6 Å². The van der Waals surface area contributed by atoms with Gasteiger partial charge >= 0.3 is 12.1 Å². The van der Waals surface area contributed by atoms with E-state index in [0.29, 0.717) is 50.6 Å². The fraction of sp³-hybridized carbons (Fsp3) is 0.400. The average molecular weight is 512 g/mol. The third-order valence-corrected chi connectivity index (χ3v) is 6.08. The number of furan rings is 1. The maximum atomic E-state index is 12.5. The van der Waals surface area contributed by atoms with Gasteiger partial charge in [0.25, 0.3) is 5.91 Å². The van der Waals surface area contributed by atoms with Crippen molar-refractivity contribution in [2.24, 2.45) is 0 Å². The number of benzene rings is 1. The predicted molar refractivity (Wildman–Crippen MR) is 131 cm³/mol. The second-order valence-electron chi connectivity index (χ2n) is 8.64. The molecule has 2 fully saturated rings. The van der Waals surface area contributed by atoms with E-state index in [9.17, 15) is 19.2 Å². The summed E-state index contributed by atoms with van der Waals surface area (Å²) in [6, 6.07) is 9.71. The summed E-state index contributed by atoms with van der Waals surface area (Å²) >= 11 is 0. The number of carbonyl (C=O) groups is 4. The normalized spacial score (nSPS) is 18.0. The second-order valence-corrected chi connectivity index (χ2v) is 8.64. The topological polar surface area (TPSA) is 145 Å². The lowest BCUT2D eigenvalue weighted by molar-refractivity contribution is -0.144. The highest BCUT2D eigenvalue weighted by Crippen LogP contribution is 2.23. The van der Waals surface area contributed by atoms with Crippen LogP contribution < -0.4 is 10.2 Å². The van der Waals surface area contributed by atoms with E-state index >= 15 is 0 Å². The van der Waals surface area contributed by atoms with Crippen molar-refractivity contribution < 1.29 is 33.1 Å². The van der Waals surface area contributed by atoms with Gasteiger partial charge in [0.15, 0.2) is 5.76 Å². The van der Waals surface area contributed by atoms with Crippen LogP contribution in [0, 0.1) is 5.41 Å². The molecule has 1 aromatic heterocycles. The lowest BCUT2D eigenvalue weighted by Gasteiger charge is -2.34. The number of anilines is 1. The van der Waals surface area contributed by atoms with E-state index < -0.39 is 18.1 Å². The maximum Gasteiger partial charge on any atom is 0.414 e. The first kappa shape index (κ1) is 25.9. The maximum absolute atomic E-state index is 12.5. The lowest BCUT2D eigenvalue weighted by Crippen LogP contribution is -2.52. The summed E-state index contributed by atoms with van der Waals surface area (Å²) in [5.41, 5.74) is 1.06. The molecule has 0 saturated carbocycles. The van der Waals surface area contributed by atoms with Gasteiger partial charge in [-0.15, -0.1) is 0 Å². The van der Waals surface area contributed by atoms with Crippen molar-refractivity contribution in [3.8, 4) is 0 Å². The summed E-state index contributed by atoms with van der Waals surface area (Å²) in [6.07, 6.45) is 0.654. The number of hydrogen-bond acceptors (Lipinski definition) is 9. The zero-order chi connectivity index (χ0) is 26.4. The second kappa shape index (κ2) is 11.7. The number of nitrogens with zero attached hydrogens (tertiary/aromatic N) is 3. The first-order valence-electron chi connectivity index (χ1n) is 12.0. The molecule has 0 bridgehead atoms. The molecule has 1 atom stereocenters. The van der Waals surface area contributed by atoms with Gasteiger partial charge in [0.1, 0.15) is 11.9 Å². The van der Waals surface area contributed by atoms with Crippen molar-refractivity contribution >= 4 is 35.4 Å².